The molecule has 0 unspecified atom stereocenters. The Bertz CT molecular complexity index is 504. The number of ether oxygens (including phenoxy) is 3. The third-order valence-electron chi connectivity index (χ3n) is 2.57. The van der Waals surface area contributed by atoms with E-state index in [0.717, 1.165) is 12.8 Å². The van der Waals surface area contributed by atoms with Crippen molar-refractivity contribution in [3.05, 3.63) is 17.7 Å². The van der Waals surface area contributed by atoms with Gasteiger partial charge in [0.05, 0.1) is 32.6 Å². The maximum Gasteiger partial charge on any atom is 0.188 e. The Hall–Kier alpha value is -2.22. The molecule has 0 amide bonds. The van der Waals surface area contributed by atoms with Crippen molar-refractivity contribution in [1.29, 1.82) is 5.26 Å². The second kappa shape index (κ2) is 7.27. The highest BCUT2D eigenvalue weighted by atomic mass is 16.5. The molecule has 0 aromatic heterocycles. The van der Waals surface area contributed by atoms with Crippen molar-refractivity contribution in [2.45, 2.75) is 19.8 Å². The largest absolute Gasteiger partial charge is 0.493 e. The summed E-state index contributed by atoms with van der Waals surface area (Å²) < 4.78 is 15.6. The fraction of sp³-hybridized carbons (Fsp3) is 0.429. The van der Waals surface area contributed by atoms with Gasteiger partial charge in [0.25, 0.3) is 0 Å². The van der Waals surface area contributed by atoms with Crippen LogP contribution in [0.4, 0.5) is 5.69 Å². The average molecular weight is 262 g/mol. The molecule has 0 aliphatic rings. The van der Waals surface area contributed by atoms with E-state index in [-0.39, 0.29) is 0 Å². The van der Waals surface area contributed by atoms with Gasteiger partial charge in [-0.15, -0.1) is 0 Å². The predicted octanol–water partition coefficient (Wildman–Crippen LogP) is 3.05. The van der Waals surface area contributed by atoms with Crippen molar-refractivity contribution in [2.75, 3.05) is 21.3 Å². The molecule has 1 aromatic rings. The summed E-state index contributed by atoms with van der Waals surface area (Å²) in [5.41, 5.74) is 0.939. The SMILES string of the molecule is CCCC(=Nc1cc(OC)c(OC)cc1C#N)OC. The molecule has 1 aromatic carbocycles. The van der Waals surface area contributed by atoms with Crippen LogP contribution < -0.4 is 9.47 Å². The fourth-order valence-electron chi connectivity index (χ4n) is 1.60. The lowest BCUT2D eigenvalue weighted by Gasteiger charge is -2.10. The lowest BCUT2D eigenvalue weighted by atomic mass is 10.1. The Morgan fingerprint density at radius 3 is 2.32 bits per heavy atom. The number of nitriles is 1. The molecule has 0 aliphatic heterocycles. The van der Waals surface area contributed by atoms with Gasteiger partial charge in [-0.25, -0.2) is 4.99 Å². The predicted molar refractivity (Wildman–Crippen MR) is 73.3 cm³/mol. The van der Waals surface area contributed by atoms with Crippen LogP contribution in [0, 0.1) is 11.3 Å². The topological polar surface area (TPSA) is 63.8 Å². The number of methoxy groups -OCH3 is 3. The first-order valence-electron chi connectivity index (χ1n) is 5.97. The van der Waals surface area contributed by atoms with Crippen molar-refractivity contribution >= 4 is 11.6 Å². The van der Waals surface area contributed by atoms with Crippen LogP contribution in [0.1, 0.15) is 25.3 Å². The molecule has 0 fully saturated rings. The van der Waals surface area contributed by atoms with E-state index in [9.17, 15) is 0 Å². The summed E-state index contributed by atoms with van der Waals surface area (Å²) in [7, 11) is 4.64. The first-order chi connectivity index (χ1) is 9.19. The summed E-state index contributed by atoms with van der Waals surface area (Å²) in [6.07, 6.45) is 1.64. The van der Waals surface area contributed by atoms with Crippen molar-refractivity contribution < 1.29 is 14.2 Å². The highest BCUT2D eigenvalue weighted by Gasteiger charge is 2.11. The summed E-state index contributed by atoms with van der Waals surface area (Å²) in [6.45, 7) is 2.04. The van der Waals surface area contributed by atoms with E-state index in [0.29, 0.717) is 28.6 Å². The second-order valence-corrected chi connectivity index (χ2v) is 3.80. The zero-order valence-electron chi connectivity index (χ0n) is 11.7. The van der Waals surface area contributed by atoms with Crippen molar-refractivity contribution in [3.8, 4) is 17.6 Å². The van der Waals surface area contributed by atoms with Gasteiger partial charge in [-0.05, 0) is 6.42 Å². The number of rotatable bonds is 5. The molecule has 0 bridgehead atoms. The molecule has 0 radical (unpaired) electrons. The van der Waals surface area contributed by atoms with E-state index < -0.39 is 0 Å². The third kappa shape index (κ3) is 3.62. The molecule has 1 rings (SSSR count). The van der Waals surface area contributed by atoms with Crippen LogP contribution in [0.5, 0.6) is 11.5 Å². The van der Waals surface area contributed by atoms with Crippen LogP contribution in [-0.2, 0) is 4.74 Å². The van der Waals surface area contributed by atoms with E-state index >= 15 is 0 Å². The molecule has 0 spiro atoms. The molecular weight excluding hydrogens is 244 g/mol. The molecule has 5 heteroatoms. The van der Waals surface area contributed by atoms with Crippen LogP contribution in [-0.4, -0.2) is 27.2 Å². The Morgan fingerprint density at radius 1 is 1.21 bits per heavy atom. The van der Waals surface area contributed by atoms with E-state index in [4.69, 9.17) is 19.5 Å². The van der Waals surface area contributed by atoms with Crippen LogP contribution in [0.25, 0.3) is 0 Å². The minimum Gasteiger partial charge on any atom is -0.493 e. The van der Waals surface area contributed by atoms with Gasteiger partial charge >= 0.3 is 0 Å². The number of hydrogen-bond donors (Lipinski definition) is 0. The Morgan fingerprint density at radius 2 is 1.84 bits per heavy atom. The second-order valence-electron chi connectivity index (χ2n) is 3.80. The lowest BCUT2D eigenvalue weighted by Crippen LogP contribution is -2.00. The standard InChI is InChI=1S/C14H18N2O3/c1-5-6-14(19-4)16-11-8-13(18-3)12(17-2)7-10(11)9-15/h7-8H,5-6H2,1-4H3. The maximum atomic E-state index is 9.16. The van der Waals surface area contributed by atoms with Gasteiger partial charge in [0.15, 0.2) is 17.4 Å². The average Bonchev–Trinajstić information content (AvgIpc) is 2.45. The molecule has 0 atom stereocenters. The summed E-state index contributed by atoms with van der Waals surface area (Å²) >= 11 is 0. The first kappa shape index (κ1) is 14.8. The van der Waals surface area contributed by atoms with Gasteiger partial charge < -0.3 is 14.2 Å². The molecule has 0 heterocycles. The van der Waals surface area contributed by atoms with Gasteiger partial charge in [-0.2, -0.15) is 5.26 Å². The van der Waals surface area contributed by atoms with Gasteiger partial charge in [-0.3, -0.25) is 0 Å². The third-order valence-corrected chi connectivity index (χ3v) is 2.57. The molecular formula is C14H18N2O3. The van der Waals surface area contributed by atoms with E-state index in [1.54, 1.807) is 26.4 Å². The van der Waals surface area contributed by atoms with Gasteiger partial charge in [0.2, 0.25) is 0 Å². The Balaban J connectivity index is 3.30. The highest BCUT2D eigenvalue weighted by Crippen LogP contribution is 2.34. The molecule has 19 heavy (non-hydrogen) atoms. The van der Waals surface area contributed by atoms with Crippen molar-refractivity contribution in [1.82, 2.24) is 0 Å². The molecule has 0 saturated heterocycles. The van der Waals surface area contributed by atoms with Gasteiger partial charge in [-0.1, -0.05) is 6.92 Å². The zero-order valence-corrected chi connectivity index (χ0v) is 11.7. The zero-order chi connectivity index (χ0) is 14.3. The normalized spacial score (nSPS) is 10.8. The van der Waals surface area contributed by atoms with Gasteiger partial charge in [0.1, 0.15) is 6.07 Å². The highest BCUT2D eigenvalue weighted by molar-refractivity contribution is 5.80. The number of hydrogen-bond acceptors (Lipinski definition) is 5. The van der Waals surface area contributed by atoms with E-state index in [2.05, 4.69) is 11.1 Å². The van der Waals surface area contributed by atoms with Crippen LogP contribution in [0.2, 0.25) is 0 Å². The van der Waals surface area contributed by atoms with Crippen molar-refractivity contribution in [2.24, 2.45) is 4.99 Å². The fourth-order valence-corrected chi connectivity index (χ4v) is 1.60. The maximum absolute atomic E-state index is 9.16. The summed E-state index contributed by atoms with van der Waals surface area (Å²) in [6, 6.07) is 5.38. The van der Waals surface area contributed by atoms with E-state index in [1.807, 2.05) is 6.92 Å². The van der Waals surface area contributed by atoms with Crippen LogP contribution in [0.15, 0.2) is 17.1 Å². The molecule has 0 aliphatic carbocycles. The number of nitrogens with zero attached hydrogens (tertiary/aromatic N) is 2. The minimum atomic E-state index is 0.420. The molecule has 5 nitrogen and oxygen atoms in total. The minimum absolute atomic E-state index is 0.420. The number of aliphatic imine (C=N–C) groups is 1. The molecule has 0 N–H and O–H groups in total. The number of benzene rings is 1. The lowest BCUT2D eigenvalue weighted by molar-refractivity contribution is 0.355. The smallest absolute Gasteiger partial charge is 0.188 e. The molecule has 102 valence electrons. The Kier molecular flexibility index (Phi) is 5.68. The van der Waals surface area contributed by atoms with Crippen LogP contribution >= 0.6 is 0 Å². The van der Waals surface area contributed by atoms with E-state index in [1.165, 1.54) is 7.11 Å². The quantitative estimate of drug-likeness (QED) is 0.604. The first-order valence-corrected chi connectivity index (χ1v) is 5.97. The Labute approximate surface area is 113 Å². The van der Waals surface area contributed by atoms with Crippen LogP contribution in [0.3, 0.4) is 0 Å². The van der Waals surface area contributed by atoms with Crippen molar-refractivity contribution in [3.63, 3.8) is 0 Å². The monoisotopic (exact) mass is 262 g/mol. The summed E-state index contributed by atoms with van der Waals surface area (Å²) in [4.78, 5) is 4.36. The molecule has 0 saturated carbocycles. The van der Waals surface area contributed by atoms with Gasteiger partial charge in [0, 0.05) is 18.6 Å². The summed E-state index contributed by atoms with van der Waals surface area (Å²) in [5.74, 6) is 1.63. The summed E-state index contributed by atoms with van der Waals surface area (Å²) in [5, 5.41) is 9.16.